The van der Waals surface area contributed by atoms with Gasteiger partial charge in [-0.3, -0.25) is 9.67 Å². The molecular formula is C9H15N3O. The van der Waals surface area contributed by atoms with Gasteiger partial charge in [-0.05, 0) is 13.8 Å². The lowest BCUT2D eigenvalue weighted by Gasteiger charge is -1.93. The van der Waals surface area contributed by atoms with Crippen molar-refractivity contribution in [3.63, 3.8) is 0 Å². The highest BCUT2D eigenvalue weighted by Crippen LogP contribution is 2.08. The molecule has 0 aliphatic heterocycles. The average Bonchev–Trinajstić information content (AvgIpc) is 2.32. The van der Waals surface area contributed by atoms with E-state index in [1.165, 1.54) is 0 Å². The Balaban J connectivity index is 2.87. The Morgan fingerprint density at radius 2 is 2.23 bits per heavy atom. The van der Waals surface area contributed by atoms with E-state index in [4.69, 9.17) is 5.11 Å². The fraction of sp³-hybridized carbons (Fsp3) is 0.556. The summed E-state index contributed by atoms with van der Waals surface area (Å²) in [6.45, 7) is 4.50. The molecule has 0 aliphatic rings. The Hall–Kier alpha value is -1.16. The Bertz CT molecular complexity index is 315. The zero-order valence-corrected chi connectivity index (χ0v) is 8.28. The number of rotatable bonds is 3. The summed E-state index contributed by atoms with van der Waals surface area (Å²) in [6.07, 6.45) is 1.77. The van der Waals surface area contributed by atoms with Crippen molar-refractivity contribution in [3.8, 4) is 0 Å². The van der Waals surface area contributed by atoms with Gasteiger partial charge in [-0.25, -0.2) is 0 Å². The molecule has 1 N–H and O–H groups in total. The van der Waals surface area contributed by atoms with Crippen LogP contribution in [-0.2, 0) is 7.05 Å². The van der Waals surface area contributed by atoms with Crippen molar-refractivity contribution in [2.75, 3.05) is 13.2 Å². The van der Waals surface area contributed by atoms with E-state index < -0.39 is 0 Å². The fourth-order valence-corrected chi connectivity index (χ4v) is 1.19. The van der Waals surface area contributed by atoms with Gasteiger partial charge in [0.25, 0.3) is 0 Å². The Labute approximate surface area is 77.9 Å². The van der Waals surface area contributed by atoms with Crippen LogP contribution in [0.15, 0.2) is 4.99 Å². The van der Waals surface area contributed by atoms with E-state index in [0.717, 1.165) is 17.0 Å². The first kappa shape index (κ1) is 9.92. The van der Waals surface area contributed by atoms with Crippen LogP contribution in [0.5, 0.6) is 0 Å². The summed E-state index contributed by atoms with van der Waals surface area (Å²) in [4.78, 5) is 4.07. The zero-order chi connectivity index (χ0) is 9.84. The third-order valence-corrected chi connectivity index (χ3v) is 2.01. The van der Waals surface area contributed by atoms with Crippen molar-refractivity contribution in [3.05, 3.63) is 17.0 Å². The molecule has 1 aromatic rings. The minimum Gasteiger partial charge on any atom is -0.394 e. The second-order valence-corrected chi connectivity index (χ2v) is 2.97. The van der Waals surface area contributed by atoms with Gasteiger partial charge < -0.3 is 5.11 Å². The number of aliphatic imine (C=N–C) groups is 1. The molecule has 13 heavy (non-hydrogen) atoms. The van der Waals surface area contributed by atoms with Crippen molar-refractivity contribution >= 4 is 6.21 Å². The highest BCUT2D eigenvalue weighted by molar-refractivity contribution is 5.82. The van der Waals surface area contributed by atoms with Crippen LogP contribution >= 0.6 is 0 Å². The average molecular weight is 181 g/mol. The van der Waals surface area contributed by atoms with Gasteiger partial charge >= 0.3 is 0 Å². The van der Waals surface area contributed by atoms with Crippen molar-refractivity contribution < 1.29 is 5.11 Å². The highest BCUT2D eigenvalue weighted by atomic mass is 16.3. The molecule has 0 radical (unpaired) electrons. The third kappa shape index (κ3) is 2.15. The van der Waals surface area contributed by atoms with Crippen LogP contribution in [-0.4, -0.2) is 34.3 Å². The Morgan fingerprint density at radius 3 is 2.69 bits per heavy atom. The number of aliphatic hydroxyl groups excluding tert-OH is 1. The molecule has 0 spiro atoms. The number of nitrogens with zero attached hydrogens (tertiary/aromatic N) is 3. The normalized spacial score (nSPS) is 11.4. The maximum absolute atomic E-state index is 8.55. The van der Waals surface area contributed by atoms with E-state index in [2.05, 4.69) is 10.1 Å². The standard InChI is InChI=1S/C9H15N3O/c1-7-9(6-10-4-5-13)8(2)12(3)11-7/h6,13H,4-5H2,1-3H3. The fourth-order valence-electron chi connectivity index (χ4n) is 1.19. The summed E-state index contributed by atoms with van der Waals surface area (Å²) in [5.41, 5.74) is 3.12. The van der Waals surface area contributed by atoms with Gasteiger partial charge in [0.1, 0.15) is 0 Å². The van der Waals surface area contributed by atoms with Crippen LogP contribution in [0.2, 0.25) is 0 Å². The summed E-state index contributed by atoms with van der Waals surface area (Å²) in [5.74, 6) is 0. The van der Waals surface area contributed by atoms with Crippen LogP contribution in [0.4, 0.5) is 0 Å². The molecule has 1 aromatic heterocycles. The summed E-state index contributed by atoms with van der Waals surface area (Å²) in [7, 11) is 1.91. The molecule has 4 heteroatoms. The molecular weight excluding hydrogens is 166 g/mol. The first-order valence-electron chi connectivity index (χ1n) is 4.27. The van der Waals surface area contributed by atoms with Crippen LogP contribution in [0.1, 0.15) is 17.0 Å². The monoisotopic (exact) mass is 181 g/mol. The number of aryl methyl sites for hydroxylation is 2. The maximum Gasteiger partial charge on any atom is 0.0684 e. The minimum atomic E-state index is 0.0921. The number of aliphatic hydroxyl groups is 1. The van der Waals surface area contributed by atoms with E-state index in [0.29, 0.717) is 6.54 Å². The van der Waals surface area contributed by atoms with Gasteiger partial charge in [-0.15, -0.1) is 0 Å². The lowest BCUT2D eigenvalue weighted by molar-refractivity contribution is 0.307. The minimum absolute atomic E-state index is 0.0921. The van der Waals surface area contributed by atoms with Gasteiger partial charge in [0, 0.05) is 24.5 Å². The molecule has 0 amide bonds. The van der Waals surface area contributed by atoms with Crippen molar-refractivity contribution in [1.29, 1.82) is 0 Å². The molecule has 0 aromatic carbocycles. The Morgan fingerprint density at radius 1 is 1.54 bits per heavy atom. The lowest BCUT2D eigenvalue weighted by atomic mass is 10.2. The first-order valence-corrected chi connectivity index (χ1v) is 4.27. The van der Waals surface area contributed by atoms with Crippen LogP contribution < -0.4 is 0 Å². The van der Waals surface area contributed by atoms with Gasteiger partial charge in [0.05, 0.1) is 18.8 Å². The SMILES string of the molecule is Cc1nn(C)c(C)c1C=NCCO. The summed E-state index contributed by atoms with van der Waals surface area (Å²) < 4.78 is 1.83. The van der Waals surface area contributed by atoms with E-state index in [-0.39, 0.29) is 6.61 Å². The second kappa shape index (κ2) is 4.18. The molecule has 0 unspecified atom stereocenters. The van der Waals surface area contributed by atoms with Crippen LogP contribution in [0.25, 0.3) is 0 Å². The van der Waals surface area contributed by atoms with Gasteiger partial charge in [-0.1, -0.05) is 0 Å². The molecule has 1 rings (SSSR count). The molecule has 4 nitrogen and oxygen atoms in total. The maximum atomic E-state index is 8.55. The van der Waals surface area contributed by atoms with E-state index in [1.807, 2.05) is 25.6 Å². The van der Waals surface area contributed by atoms with Gasteiger partial charge in [0.2, 0.25) is 0 Å². The van der Waals surface area contributed by atoms with E-state index >= 15 is 0 Å². The topological polar surface area (TPSA) is 50.4 Å². The molecule has 0 aliphatic carbocycles. The smallest absolute Gasteiger partial charge is 0.0684 e. The van der Waals surface area contributed by atoms with Gasteiger partial charge in [0.15, 0.2) is 0 Å². The molecule has 0 saturated heterocycles. The predicted octanol–water partition coefficient (Wildman–Crippen LogP) is 0.448. The number of hydrogen-bond donors (Lipinski definition) is 1. The van der Waals surface area contributed by atoms with E-state index in [9.17, 15) is 0 Å². The number of hydrogen-bond acceptors (Lipinski definition) is 3. The van der Waals surface area contributed by atoms with E-state index in [1.54, 1.807) is 6.21 Å². The molecule has 0 bridgehead atoms. The highest BCUT2D eigenvalue weighted by Gasteiger charge is 2.05. The molecule has 0 atom stereocenters. The van der Waals surface area contributed by atoms with Crippen LogP contribution in [0.3, 0.4) is 0 Å². The van der Waals surface area contributed by atoms with Crippen molar-refractivity contribution in [2.24, 2.45) is 12.0 Å². The second-order valence-electron chi connectivity index (χ2n) is 2.97. The predicted molar refractivity (Wildman–Crippen MR) is 52.2 cm³/mol. The molecule has 1 heterocycles. The Kier molecular flexibility index (Phi) is 3.19. The molecule has 0 saturated carbocycles. The van der Waals surface area contributed by atoms with Gasteiger partial charge in [-0.2, -0.15) is 5.10 Å². The zero-order valence-electron chi connectivity index (χ0n) is 8.28. The van der Waals surface area contributed by atoms with Crippen LogP contribution in [0, 0.1) is 13.8 Å². The summed E-state index contributed by atoms with van der Waals surface area (Å²) >= 11 is 0. The quantitative estimate of drug-likeness (QED) is 0.688. The summed E-state index contributed by atoms with van der Waals surface area (Å²) in [6, 6.07) is 0. The first-order chi connectivity index (χ1) is 6.16. The van der Waals surface area contributed by atoms with Crippen molar-refractivity contribution in [2.45, 2.75) is 13.8 Å². The molecule has 72 valence electrons. The third-order valence-electron chi connectivity index (χ3n) is 2.01. The molecule has 0 fully saturated rings. The largest absolute Gasteiger partial charge is 0.394 e. The van der Waals surface area contributed by atoms with Crippen molar-refractivity contribution in [1.82, 2.24) is 9.78 Å². The summed E-state index contributed by atoms with van der Waals surface area (Å²) in [5, 5.41) is 12.8. The number of aromatic nitrogens is 2. The lowest BCUT2D eigenvalue weighted by Crippen LogP contribution is -1.94.